The van der Waals surface area contributed by atoms with Gasteiger partial charge in [0, 0.05) is 25.6 Å². The van der Waals surface area contributed by atoms with Gasteiger partial charge in [0.05, 0.1) is 0 Å². The maximum atomic E-state index is 5.96. The second-order valence-corrected chi connectivity index (χ2v) is 5.49. The Hall–Kier alpha value is -0.860. The maximum absolute atomic E-state index is 5.96. The molecule has 2 heteroatoms. The molecule has 2 rings (SSSR count). The number of likely N-dealkylation sites (N-methyl/N-ethyl adjacent to an activating group) is 1. The van der Waals surface area contributed by atoms with Crippen molar-refractivity contribution >= 4 is 0 Å². The third-order valence-electron chi connectivity index (χ3n) is 4.22. The Morgan fingerprint density at radius 3 is 2.50 bits per heavy atom. The minimum absolute atomic E-state index is 0.478. The van der Waals surface area contributed by atoms with E-state index in [1.165, 1.54) is 31.4 Å². The standard InChI is InChI=1S/C16H26N2/c1-2-18(12-14-7-6-8-14)13-16(11-17)15-9-4-3-5-10-15/h3-5,9-10,14,16H,2,6-8,11-13,17H2,1H3. The molecule has 1 aromatic rings. The van der Waals surface area contributed by atoms with E-state index in [0.717, 1.165) is 25.6 Å². The van der Waals surface area contributed by atoms with Crippen LogP contribution in [0.5, 0.6) is 0 Å². The molecule has 0 bridgehead atoms. The average molecular weight is 246 g/mol. The fourth-order valence-corrected chi connectivity index (χ4v) is 2.73. The summed E-state index contributed by atoms with van der Waals surface area (Å²) in [7, 11) is 0. The van der Waals surface area contributed by atoms with Gasteiger partial charge in [-0.25, -0.2) is 0 Å². The number of nitrogens with zero attached hydrogens (tertiary/aromatic N) is 1. The van der Waals surface area contributed by atoms with Crippen molar-refractivity contribution < 1.29 is 0 Å². The lowest BCUT2D eigenvalue weighted by atomic mass is 9.85. The molecule has 1 aromatic carbocycles. The fraction of sp³-hybridized carbons (Fsp3) is 0.625. The van der Waals surface area contributed by atoms with Gasteiger partial charge in [-0.3, -0.25) is 0 Å². The molecule has 2 nitrogen and oxygen atoms in total. The lowest BCUT2D eigenvalue weighted by molar-refractivity contribution is 0.176. The quantitative estimate of drug-likeness (QED) is 0.801. The predicted molar refractivity (Wildman–Crippen MR) is 77.7 cm³/mol. The molecule has 0 radical (unpaired) electrons. The van der Waals surface area contributed by atoms with Crippen LogP contribution >= 0.6 is 0 Å². The fourth-order valence-electron chi connectivity index (χ4n) is 2.73. The Bertz CT molecular complexity index is 332. The van der Waals surface area contributed by atoms with Crippen LogP contribution in [0.2, 0.25) is 0 Å². The van der Waals surface area contributed by atoms with Crippen LogP contribution in [0.4, 0.5) is 0 Å². The Kier molecular flexibility index (Phi) is 5.21. The van der Waals surface area contributed by atoms with E-state index >= 15 is 0 Å². The van der Waals surface area contributed by atoms with Crippen LogP contribution in [0.25, 0.3) is 0 Å². The molecule has 0 spiro atoms. The summed E-state index contributed by atoms with van der Waals surface area (Å²) in [5.41, 5.74) is 7.34. The van der Waals surface area contributed by atoms with E-state index in [-0.39, 0.29) is 0 Å². The molecule has 0 heterocycles. The van der Waals surface area contributed by atoms with E-state index in [9.17, 15) is 0 Å². The molecule has 0 aliphatic heterocycles. The van der Waals surface area contributed by atoms with E-state index < -0.39 is 0 Å². The zero-order valence-electron chi connectivity index (χ0n) is 11.5. The molecular weight excluding hydrogens is 220 g/mol. The minimum atomic E-state index is 0.478. The SMILES string of the molecule is CCN(CC1CCC1)CC(CN)c1ccccc1. The van der Waals surface area contributed by atoms with Gasteiger partial charge in [0.2, 0.25) is 0 Å². The van der Waals surface area contributed by atoms with Gasteiger partial charge < -0.3 is 10.6 Å². The number of rotatable bonds is 7. The van der Waals surface area contributed by atoms with Crippen LogP contribution < -0.4 is 5.73 Å². The Balaban J connectivity index is 1.91. The third kappa shape index (κ3) is 3.56. The molecular formula is C16H26N2. The lowest BCUT2D eigenvalue weighted by Crippen LogP contribution is -2.37. The minimum Gasteiger partial charge on any atom is -0.330 e. The van der Waals surface area contributed by atoms with Crippen LogP contribution in [0.3, 0.4) is 0 Å². The van der Waals surface area contributed by atoms with Gasteiger partial charge in [-0.1, -0.05) is 43.7 Å². The van der Waals surface area contributed by atoms with Crippen molar-refractivity contribution in [3.8, 4) is 0 Å². The van der Waals surface area contributed by atoms with Gasteiger partial charge >= 0.3 is 0 Å². The molecule has 1 fully saturated rings. The monoisotopic (exact) mass is 246 g/mol. The second kappa shape index (κ2) is 6.91. The van der Waals surface area contributed by atoms with Crippen molar-refractivity contribution in [2.45, 2.75) is 32.1 Å². The summed E-state index contributed by atoms with van der Waals surface area (Å²) in [5.74, 6) is 1.42. The summed E-state index contributed by atoms with van der Waals surface area (Å²) < 4.78 is 0. The summed E-state index contributed by atoms with van der Waals surface area (Å²) in [5, 5.41) is 0. The van der Waals surface area contributed by atoms with Gasteiger partial charge in [0.15, 0.2) is 0 Å². The maximum Gasteiger partial charge on any atom is 0.00888 e. The molecule has 100 valence electrons. The van der Waals surface area contributed by atoms with Gasteiger partial charge in [-0.05, 0) is 30.9 Å². The number of nitrogens with two attached hydrogens (primary N) is 1. The highest BCUT2D eigenvalue weighted by molar-refractivity contribution is 5.20. The zero-order valence-corrected chi connectivity index (χ0v) is 11.5. The van der Waals surface area contributed by atoms with Gasteiger partial charge in [-0.2, -0.15) is 0 Å². The number of benzene rings is 1. The van der Waals surface area contributed by atoms with Crippen LogP contribution in [-0.4, -0.2) is 31.1 Å². The first-order valence-electron chi connectivity index (χ1n) is 7.30. The summed E-state index contributed by atoms with van der Waals surface area (Å²) in [6.45, 7) is 6.51. The smallest absolute Gasteiger partial charge is 0.00888 e. The molecule has 0 amide bonds. The summed E-state index contributed by atoms with van der Waals surface area (Å²) in [4.78, 5) is 2.58. The number of hydrogen-bond acceptors (Lipinski definition) is 2. The van der Waals surface area contributed by atoms with Gasteiger partial charge in [-0.15, -0.1) is 0 Å². The zero-order chi connectivity index (χ0) is 12.8. The van der Waals surface area contributed by atoms with Crippen LogP contribution in [0.15, 0.2) is 30.3 Å². The van der Waals surface area contributed by atoms with Crippen molar-refractivity contribution in [2.24, 2.45) is 11.7 Å². The first-order chi connectivity index (χ1) is 8.83. The van der Waals surface area contributed by atoms with Crippen molar-refractivity contribution in [1.82, 2.24) is 4.90 Å². The normalized spacial score (nSPS) is 17.7. The molecule has 1 unspecified atom stereocenters. The van der Waals surface area contributed by atoms with E-state index in [1.54, 1.807) is 0 Å². The summed E-state index contributed by atoms with van der Waals surface area (Å²) in [6, 6.07) is 10.7. The van der Waals surface area contributed by atoms with Crippen LogP contribution in [0, 0.1) is 5.92 Å². The molecule has 1 aliphatic rings. The molecule has 0 aromatic heterocycles. The lowest BCUT2D eigenvalue weighted by Gasteiger charge is -2.33. The van der Waals surface area contributed by atoms with Gasteiger partial charge in [0.1, 0.15) is 0 Å². The van der Waals surface area contributed by atoms with E-state index in [0.29, 0.717) is 5.92 Å². The van der Waals surface area contributed by atoms with E-state index in [1.807, 2.05) is 0 Å². The second-order valence-electron chi connectivity index (χ2n) is 5.49. The molecule has 1 aliphatic carbocycles. The molecule has 1 saturated carbocycles. The van der Waals surface area contributed by atoms with E-state index in [2.05, 4.69) is 42.2 Å². The largest absolute Gasteiger partial charge is 0.330 e. The van der Waals surface area contributed by atoms with E-state index in [4.69, 9.17) is 5.73 Å². The number of hydrogen-bond donors (Lipinski definition) is 1. The summed E-state index contributed by atoms with van der Waals surface area (Å²) in [6.07, 6.45) is 4.28. The topological polar surface area (TPSA) is 29.3 Å². The van der Waals surface area contributed by atoms with Crippen molar-refractivity contribution in [1.29, 1.82) is 0 Å². The first kappa shape index (κ1) is 13.6. The molecule has 0 saturated heterocycles. The first-order valence-corrected chi connectivity index (χ1v) is 7.30. The highest BCUT2D eigenvalue weighted by atomic mass is 15.1. The highest BCUT2D eigenvalue weighted by Crippen LogP contribution is 2.27. The third-order valence-corrected chi connectivity index (χ3v) is 4.22. The highest BCUT2D eigenvalue weighted by Gasteiger charge is 2.21. The van der Waals surface area contributed by atoms with Crippen molar-refractivity contribution in [2.75, 3.05) is 26.2 Å². The molecule has 18 heavy (non-hydrogen) atoms. The predicted octanol–water partition coefficient (Wildman–Crippen LogP) is 2.85. The summed E-state index contributed by atoms with van der Waals surface area (Å²) >= 11 is 0. The Labute approximate surface area is 111 Å². The Morgan fingerprint density at radius 1 is 1.28 bits per heavy atom. The Morgan fingerprint density at radius 2 is 2.00 bits per heavy atom. The van der Waals surface area contributed by atoms with Gasteiger partial charge in [0.25, 0.3) is 0 Å². The van der Waals surface area contributed by atoms with Crippen molar-refractivity contribution in [3.63, 3.8) is 0 Å². The molecule has 1 atom stereocenters. The van der Waals surface area contributed by atoms with Crippen molar-refractivity contribution in [3.05, 3.63) is 35.9 Å². The molecule has 2 N–H and O–H groups in total. The average Bonchev–Trinajstić information content (AvgIpc) is 2.38. The van der Waals surface area contributed by atoms with Crippen LogP contribution in [0.1, 0.15) is 37.7 Å². The van der Waals surface area contributed by atoms with Crippen LogP contribution in [-0.2, 0) is 0 Å².